The second-order valence-corrected chi connectivity index (χ2v) is 13.6. The standard InChI is InChI=1S/C32H37BrCl2N2O3/c1-31(2,3)23-13-15-28(25(33)17-23)40-20-29(38)37(19-22-12-14-24(34)18-26(22)35)27(30(39)36-32(4,5)6)16-21-10-8-7-9-11-21/h7-15,17-18,27H,16,19-20H2,1-6H3,(H,36,39)/t27-/m1/s1. The predicted molar refractivity (Wildman–Crippen MR) is 167 cm³/mol. The molecule has 0 heterocycles. The smallest absolute Gasteiger partial charge is 0.261 e. The summed E-state index contributed by atoms with van der Waals surface area (Å²) < 4.78 is 6.75. The van der Waals surface area contributed by atoms with Gasteiger partial charge in [-0.05, 0) is 83.1 Å². The van der Waals surface area contributed by atoms with Crippen LogP contribution in [0.1, 0.15) is 58.2 Å². The second-order valence-electron chi connectivity index (χ2n) is 11.9. The number of hydrogen-bond donors (Lipinski definition) is 1. The van der Waals surface area contributed by atoms with E-state index in [1.165, 1.54) is 0 Å². The summed E-state index contributed by atoms with van der Waals surface area (Å²) in [4.78, 5) is 29.1. The molecule has 1 atom stereocenters. The van der Waals surface area contributed by atoms with Crippen LogP contribution in [-0.4, -0.2) is 34.9 Å². The number of carbonyl (C=O) groups is 2. The Morgan fingerprint density at radius 3 is 2.20 bits per heavy atom. The van der Waals surface area contributed by atoms with Crippen molar-refractivity contribution in [3.8, 4) is 5.75 Å². The lowest BCUT2D eigenvalue weighted by Gasteiger charge is -2.34. The van der Waals surface area contributed by atoms with Crippen LogP contribution in [0.25, 0.3) is 0 Å². The van der Waals surface area contributed by atoms with Gasteiger partial charge in [-0.15, -0.1) is 0 Å². The zero-order valence-corrected chi connectivity index (χ0v) is 27.0. The van der Waals surface area contributed by atoms with Gasteiger partial charge in [-0.2, -0.15) is 0 Å². The summed E-state index contributed by atoms with van der Waals surface area (Å²) in [5, 5.41) is 3.96. The summed E-state index contributed by atoms with van der Waals surface area (Å²) in [5.74, 6) is -0.0575. The Bertz CT molecular complexity index is 1330. The molecule has 0 aliphatic carbocycles. The minimum Gasteiger partial charge on any atom is -0.483 e. The molecule has 1 N–H and O–H groups in total. The Balaban J connectivity index is 1.96. The lowest BCUT2D eigenvalue weighted by atomic mass is 9.87. The molecule has 0 aliphatic rings. The van der Waals surface area contributed by atoms with Crippen LogP contribution in [-0.2, 0) is 28.0 Å². The van der Waals surface area contributed by atoms with Crippen molar-refractivity contribution in [2.45, 2.75) is 71.5 Å². The van der Waals surface area contributed by atoms with Crippen molar-refractivity contribution in [3.63, 3.8) is 0 Å². The maximum absolute atomic E-state index is 13.9. The Morgan fingerprint density at radius 1 is 0.950 bits per heavy atom. The van der Waals surface area contributed by atoms with E-state index in [1.54, 1.807) is 23.1 Å². The number of ether oxygens (including phenoxy) is 1. The number of carbonyl (C=O) groups excluding carboxylic acids is 2. The van der Waals surface area contributed by atoms with Gasteiger partial charge in [-0.3, -0.25) is 9.59 Å². The van der Waals surface area contributed by atoms with Gasteiger partial charge in [0.15, 0.2) is 6.61 Å². The van der Waals surface area contributed by atoms with Gasteiger partial charge >= 0.3 is 0 Å². The number of rotatable bonds is 9. The highest BCUT2D eigenvalue weighted by Gasteiger charge is 2.33. The fraction of sp³-hybridized carbons (Fsp3) is 0.375. The van der Waals surface area contributed by atoms with Gasteiger partial charge < -0.3 is 15.0 Å². The van der Waals surface area contributed by atoms with E-state index in [1.807, 2.05) is 69.3 Å². The minimum absolute atomic E-state index is 0.0312. The van der Waals surface area contributed by atoms with E-state index in [2.05, 4.69) is 42.0 Å². The fourth-order valence-electron chi connectivity index (χ4n) is 4.15. The number of hydrogen-bond acceptors (Lipinski definition) is 3. The molecule has 5 nitrogen and oxygen atoms in total. The lowest BCUT2D eigenvalue weighted by Crippen LogP contribution is -2.55. The van der Waals surface area contributed by atoms with E-state index in [9.17, 15) is 9.59 Å². The molecular formula is C32H37BrCl2N2O3. The Morgan fingerprint density at radius 2 is 1.62 bits per heavy atom. The maximum Gasteiger partial charge on any atom is 0.261 e. The highest BCUT2D eigenvalue weighted by atomic mass is 79.9. The molecule has 0 fully saturated rings. The number of halogens is 3. The van der Waals surface area contributed by atoms with Crippen molar-refractivity contribution >= 4 is 50.9 Å². The largest absolute Gasteiger partial charge is 0.483 e. The number of nitrogens with zero attached hydrogens (tertiary/aromatic N) is 1. The molecule has 0 aromatic heterocycles. The minimum atomic E-state index is -0.809. The van der Waals surface area contributed by atoms with E-state index in [4.69, 9.17) is 27.9 Å². The van der Waals surface area contributed by atoms with Crippen LogP contribution in [0, 0.1) is 0 Å². The van der Waals surface area contributed by atoms with E-state index >= 15 is 0 Å². The topological polar surface area (TPSA) is 58.6 Å². The summed E-state index contributed by atoms with van der Waals surface area (Å²) in [5.41, 5.74) is 2.22. The van der Waals surface area contributed by atoms with Gasteiger partial charge in [0.25, 0.3) is 5.91 Å². The molecule has 0 unspecified atom stereocenters. The first-order valence-corrected chi connectivity index (χ1v) is 14.7. The van der Waals surface area contributed by atoms with Crippen molar-refractivity contribution in [2.24, 2.45) is 0 Å². The molecule has 0 bridgehead atoms. The summed E-state index contributed by atoms with van der Waals surface area (Å²) in [6, 6.07) is 19.8. The molecule has 8 heteroatoms. The van der Waals surface area contributed by atoms with Crippen LogP contribution >= 0.6 is 39.1 Å². The normalized spacial score (nSPS) is 12.5. The van der Waals surface area contributed by atoms with Crippen LogP contribution in [0.5, 0.6) is 5.75 Å². The van der Waals surface area contributed by atoms with Gasteiger partial charge in [-0.1, -0.05) is 86.4 Å². The molecule has 0 saturated heterocycles. The van der Waals surface area contributed by atoms with Gasteiger partial charge in [0.1, 0.15) is 11.8 Å². The van der Waals surface area contributed by atoms with Crippen molar-refractivity contribution in [2.75, 3.05) is 6.61 Å². The van der Waals surface area contributed by atoms with Crippen molar-refractivity contribution < 1.29 is 14.3 Å². The summed E-state index contributed by atoms with van der Waals surface area (Å²) in [7, 11) is 0. The van der Waals surface area contributed by atoms with Crippen molar-refractivity contribution in [3.05, 3.63) is 97.9 Å². The fourth-order valence-corrected chi connectivity index (χ4v) is 5.11. The first-order chi connectivity index (χ1) is 18.6. The van der Waals surface area contributed by atoms with Crippen LogP contribution in [0.15, 0.2) is 71.2 Å². The van der Waals surface area contributed by atoms with Crippen molar-refractivity contribution in [1.29, 1.82) is 0 Å². The predicted octanol–water partition coefficient (Wildman–Crippen LogP) is 7.99. The number of nitrogens with one attached hydrogen (secondary N) is 1. The van der Waals surface area contributed by atoms with Gasteiger partial charge in [0, 0.05) is 28.5 Å². The molecule has 3 rings (SSSR count). The molecule has 40 heavy (non-hydrogen) atoms. The Kier molecular flexibility index (Phi) is 10.7. The highest BCUT2D eigenvalue weighted by Crippen LogP contribution is 2.32. The summed E-state index contributed by atoms with van der Waals surface area (Å²) in [6.07, 6.45) is 0.323. The monoisotopic (exact) mass is 646 g/mol. The average Bonchev–Trinajstić information content (AvgIpc) is 2.85. The van der Waals surface area contributed by atoms with E-state index in [0.29, 0.717) is 27.8 Å². The summed E-state index contributed by atoms with van der Waals surface area (Å²) in [6.45, 7) is 12.0. The lowest BCUT2D eigenvalue weighted by molar-refractivity contribution is -0.143. The zero-order valence-electron chi connectivity index (χ0n) is 23.9. The molecule has 3 aromatic rings. The molecule has 3 aromatic carbocycles. The van der Waals surface area contributed by atoms with Crippen LogP contribution < -0.4 is 10.1 Å². The molecule has 0 saturated carbocycles. The third kappa shape index (κ3) is 9.25. The molecule has 0 aliphatic heterocycles. The zero-order chi connectivity index (χ0) is 29.7. The molecule has 2 amide bonds. The average molecular weight is 648 g/mol. The third-order valence-corrected chi connectivity index (χ3v) is 7.48. The SMILES string of the molecule is CC(C)(C)NC(=O)[C@@H](Cc1ccccc1)N(Cc1ccc(Cl)cc1Cl)C(=O)COc1ccc(C(C)(C)C)cc1Br. The molecule has 0 spiro atoms. The van der Waals surface area contributed by atoms with E-state index in [-0.39, 0.29) is 30.4 Å². The number of benzene rings is 3. The maximum atomic E-state index is 13.9. The molecule has 0 radical (unpaired) electrons. The van der Waals surface area contributed by atoms with Gasteiger partial charge in [0.05, 0.1) is 4.47 Å². The van der Waals surface area contributed by atoms with Crippen LogP contribution in [0.2, 0.25) is 10.0 Å². The van der Waals surface area contributed by atoms with Gasteiger partial charge in [-0.25, -0.2) is 0 Å². The van der Waals surface area contributed by atoms with Crippen LogP contribution in [0.4, 0.5) is 0 Å². The van der Waals surface area contributed by atoms with Gasteiger partial charge in [0.2, 0.25) is 5.91 Å². The highest BCUT2D eigenvalue weighted by molar-refractivity contribution is 9.10. The second kappa shape index (κ2) is 13.4. The quantitative estimate of drug-likeness (QED) is 0.256. The first kappa shape index (κ1) is 32.0. The Hall–Kier alpha value is -2.54. The van der Waals surface area contributed by atoms with Crippen LogP contribution in [0.3, 0.4) is 0 Å². The first-order valence-electron chi connectivity index (χ1n) is 13.2. The van der Waals surface area contributed by atoms with E-state index < -0.39 is 11.6 Å². The Labute approximate surface area is 256 Å². The van der Waals surface area contributed by atoms with Crippen molar-refractivity contribution in [1.82, 2.24) is 10.2 Å². The molecule has 214 valence electrons. The molecular weight excluding hydrogens is 611 g/mol. The third-order valence-electron chi connectivity index (χ3n) is 6.27. The summed E-state index contributed by atoms with van der Waals surface area (Å²) >= 11 is 16.2. The number of amides is 2. The van der Waals surface area contributed by atoms with E-state index in [0.717, 1.165) is 15.6 Å².